The van der Waals surface area contributed by atoms with Crippen LogP contribution < -0.4 is 0 Å². The Morgan fingerprint density at radius 3 is 2.82 bits per heavy atom. The summed E-state index contributed by atoms with van der Waals surface area (Å²) in [4.78, 5) is 14.8. The van der Waals surface area contributed by atoms with E-state index in [0.29, 0.717) is 0 Å². The minimum atomic E-state index is -2.70. The minimum Gasteiger partial charge on any atom is -0.469 e. The van der Waals surface area contributed by atoms with Crippen LogP contribution >= 0.6 is 22.6 Å². The summed E-state index contributed by atoms with van der Waals surface area (Å²) in [6, 6.07) is 1.78. The molecule has 4 nitrogen and oxygen atoms in total. The third-order valence-electron chi connectivity index (χ3n) is 2.01. The molecule has 0 atom stereocenters. The molecule has 0 fully saturated rings. The van der Waals surface area contributed by atoms with Crippen LogP contribution in [-0.4, -0.2) is 18.1 Å². The fourth-order valence-electron chi connectivity index (χ4n) is 1.15. The largest absolute Gasteiger partial charge is 0.469 e. The first-order chi connectivity index (χ1) is 8.01. The zero-order valence-corrected chi connectivity index (χ0v) is 10.9. The molecule has 0 aliphatic rings. The first-order valence-electron chi connectivity index (χ1n) is 4.43. The molecule has 0 saturated heterocycles. The van der Waals surface area contributed by atoms with Crippen LogP contribution in [0.4, 0.5) is 8.78 Å². The van der Waals surface area contributed by atoms with E-state index in [9.17, 15) is 13.6 Å². The van der Waals surface area contributed by atoms with Crippen molar-refractivity contribution in [2.24, 2.45) is 0 Å². The van der Waals surface area contributed by atoms with Crippen LogP contribution in [0.15, 0.2) is 6.20 Å². The zero-order chi connectivity index (χ0) is 13.0. The van der Waals surface area contributed by atoms with Crippen molar-refractivity contribution in [1.82, 2.24) is 4.98 Å². The number of rotatable bonds is 3. The summed E-state index contributed by atoms with van der Waals surface area (Å²) in [5, 5.41) is 8.90. The van der Waals surface area contributed by atoms with E-state index in [1.807, 2.05) is 0 Å². The lowest BCUT2D eigenvalue weighted by Crippen LogP contribution is -2.10. The maximum Gasteiger partial charge on any atom is 0.311 e. The van der Waals surface area contributed by atoms with Crippen molar-refractivity contribution in [3.05, 3.63) is 26.6 Å². The lowest BCUT2D eigenvalue weighted by Gasteiger charge is -2.08. The zero-order valence-electron chi connectivity index (χ0n) is 8.71. The molecule has 1 rings (SSSR count). The molecular formula is C10H7F2IN2O2. The fraction of sp³-hybridized carbons (Fsp3) is 0.300. The van der Waals surface area contributed by atoms with E-state index >= 15 is 0 Å². The summed E-state index contributed by atoms with van der Waals surface area (Å²) in [6.45, 7) is 0. The highest BCUT2D eigenvalue weighted by Gasteiger charge is 2.20. The van der Waals surface area contributed by atoms with Crippen molar-refractivity contribution in [2.45, 2.75) is 12.8 Å². The number of pyridine rings is 1. The van der Waals surface area contributed by atoms with E-state index in [0.717, 1.165) is 6.20 Å². The number of aromatic nitrogens is 1. The van der Waals surface area contributed by atoms with Gasteiger partial charge in [0.15, 0.2) is 0 Å². The quantitative estimate of drug-likeness (QED) is 0.618. The van der Waals surface area contributed by atoms with E-state index in [1.54, 1.807) is 28.7 Å². The van der Waals surface area contributed by atoms with Gasteiger partial charge in [-0.2, -0.15) is 5.26 Å². The Hall–Kier alpha value is -1.30. The van der Waals surface area contributed by atoms with Crippen LogP contribution in [0.25, 0.3) is 0 Å². The number of nitrogens with zero attached hydrogens (tertiary/aromatic N) is 2. The van der Waals surface area contributed by atoms with Crippen LogP contribution in [0.1, 0.15) is 23.2 Å². The highest BCUT2D eigenvalue weighted by Crippen LogP contribution is 2.27. The standard InChI is InChI=1S/C10H7F2IN2O2/c1-17-8(16)2-7-5(3-14)9(13)6(4-15-7)10(11)12/h4,10H,2H2,1H3. The SMILES string of the molecule is COC(=O)Cc1ncc(C(F)F)c(I)c1C#N. The fourth-order valence-corrected chi connectivity index (χ4v) is 1.95. The lowest BCUT2D eigenvalue weighted by molar-refractivity contribution is -0.139. The Morgan fingerprint density at radius 2 is 2.35 bits per heavy atom. The van der Waals surface area contributed by atoms with Crippen LogP contribution in [-0.2, 0) is 16.0 Å². The number of carbonyl (C=O) groups is 1. The number of hydrogen-bond donors (Lipinski definition) is 0. The summed E-state index contributed by atoms with van der Waals surface area (Å²) in [5.41, 5.74) is -0.169. The van der Waals surface area contributed by atoms with Gasteiger partial charge in [-0.25, -0.2) is 8.78 Å². The Balaban J connectivity index is 3.22. The maximum absolute atomic E-state index is 12.6. The first-order valence-corrected chi connectivity index (χ1v) is 5.51. The van der Waals surface area contributed by atoms with Crippen LogP contribution in [0.2, 0.25) is 0 Å². The van der Waals surface area contributed by atoms with E-state index in [2.05, 4.69) is 9.72 Å². The highest BCUT2D eigenvalue weighted by molar-refractivity contribution is 14.1. The van der Waals surface area contributed by atoms with Gasteiger partial charge in [0.1, 0.15) is 6.07 Å². The van der Waals surface area contributed by atoms with Crippen molar-refractivity contribution in [2.75, 3.05) is 7.11 Å². The molecule has 0 saturated carbocycles. The molecule has 0 amide bonds. The third kappa shape index (κ3) is 3.09. The summed E-state index contributed by atoms with van der Waals surface area (Å²) in [6.07, 6.45) is -1.93. The molecule has 90 valence electrons. The van der Waals surface area contributed by atoms with Gasteiger partial charge < -0.3 is 4.74 Å². The topological polar surface area (TPSA) is 63.0 Å². The monoisotopic (exact) mass is 352 g/mol. The van der Waals surface area contributed by atoms with Gasteiger partial charge in [0.2, 0.25) is 0 Å². The Kier molecular flexibility index (Phi) is 4.74. The molecule has 0 aliphatic heterocycles. The van der Waals surface area contributed by atoms with E-state index in [1.165, 1.54) is 7.11 Å². The molecule has 0 N–H and O–H groups in total. The van der Waals surface area contributed by atoms with Crippen molar-refractivity contribution in [3.8, 4) is 6.07 Å². The molecule has 1 heterocycles. The molecule has 0 radical (unpaired) electrons. The van der Waals surface area contributed by atoms with Gasteiger partial charge >= 0.3 is 5.97 Å². The molecule has 0 spiro atoms. The second-order valence-electron chi connectivity index (χ2n) is 3.01. The molecular weight excluding hydrogens is 345 g/mol. The van der Waals surface area contributed by atoms with Gasteiger partial charge in [-0.05, 0) is 22.6 Å². The number of alkyl halides is 2. The van der Waals surface area contributed by atoms with E-state index in [4.69, 9.17) is 5.26 Å². The number of esters is 1. The number of hydrogen-bond acceptors (Lipinski definition) is 4. The number of carbonyl (C=O) groups excluding carboxylic acids is 1. The predicted octanol–water partition coefficient (Wildman–Crippen LogP) is 2.21. The van der Waals surface area contributed by atoms with Crippen LogP contribution in [0.5, 0.6) is 0 Å². The number of halogens is 3. The Bertz CT molecular complexity index is 486. The Labute approximate surface area is 110 Å². The highest BCUT2D eigenvalue weighted by atomic mass is 127. The smallest absolute Gasteiger partial charge is 0.311 e. The number of ether oxygens (including phenoxy) is 1. The molecule has 17 heavy (non-hydrogen) atoms. The average molecular weight is 352 g/mol. The summed E-state index contributed by atoms with van der Waals surface area (Å²) < 4.78 is 29.7. The van der Waals surface area contributed by atoms with Gasteiger partial charge in [-0.3, -0.25) is 9.78 Å². The third-order valence-corrected chi connectivity index (χ3v) is 3.17. The van der Waals surface area contributed by atoms with Crippen molar-refractivity contribution in [1.29, 1.82) is 5.26 Å². The van der Waals surface area contributed by atoms with Gasteiger partial charge in [-0.15, -0.1) is 0 Å². The maximum atomic E-state index is 12.6. The van der Waals surface area contributed by atoms with Crippen LogP contribution in [0.3, 0.4) is 0 Å². The van der Waals surface area contributed by atoms with E-state index < -0.39 is 12.4 Å². The van der Waals surface area contributed by atoms with Gasteiger partial charge in [0, 0.05) is 9.77 Å². The lowest BCUT2D eigenvalue weighted by atomic mass is 10.1. The molecule has 1 aromatic rings. The van der Waals surface area contributed by atoms with Gasteiger partial charge in [0.25, 0.3) is 6.43 Å². The summed E-state index contributed by atoms with van der Waals surface area (Å²) >= 11 is 1.65. The Morgan fingerprint density at radius 1 is 1.71 bits per heavy atom. The molecule has 1 aromatic heterocycles. The summed E-state index contributed by atoms with van der Waals surface area (Å²) in [5.74, 6) is -0.574. The predicted molar refractivity (Wildman–Crippen MR) is 62.3 cm³/mol. The number of nitriles is 1. The van der Waals surface area contributed by atoms with Gasteiger partial charge in [-0.1, -0.05) is 0 Å². The molecule has 0 aliphatic carbocycles. The molecule has 0 bridgehead atoms. The molecule has 0 unspecified atom stereocenters. The second-order valence-corrected chi connectivity index (χ2v) is 4.09. The van der Waals surface area contributed by atoms with Crippen molar-refractivity contribution in [3.63, 3.8) is 0 Å². The second kappa shape index (κ2) is 5.86. The minimum absolute atomic E-state index is 0.00574. The summed E-state index contributed by atoms with van der Waals surface area (Å²) in [7, 11) is 1.20. The molecule has 7 heteroatoms. The number of methoxy groups -OCH3 is 1. The molecule has 0 aromatic carbocycles. The van der Waals surface area contributed by atoms with Crippen molar-refractivity contribution >= 4 is 28.6 Å². The average Bonchev–Trinajstić information content (AvgIpc) is 2.28. The van der Waals surface area contributed by atoms with E-state index in [-0.39, 0.29) is 26.8 Å². The van der Waals surface area contributed by atoms with Crippen LogP contribution in [0, 0.1) is 14.9 Å². The van der Waals surface area contributed by atoms with Gasteiger partial charge in [0.05, 0.1) is 30.4 Å². The first kappa shape index (κ1) is 13.8. The normalized spacial score (nSPS) is 10.1. The van der Waals surface area contributed by atoms with Crippen molar-refractivity contribution < 1.29 is 18.3 Å².